The predicted octanol–water partition coefficient (Wildman–Crippen LogP) is 12.1. The average molecular weight is 803 g/mol. The molecule has 3 heteroatoms. The maximum atomic E-state index is 2.59. The fourth-order valence-corrected chi connectivity index (χ4v) is 17.8. The van der Waals surface area contributed by atoms with Crippen molar-refractivity contribution in [3.8, 4) is 22.3 Å². The Kier molecular flexibility index (Phi) is 6.82. The van der Waals surface area contributed by atoms with Crippen LogP contribution < -0.4 is 30.5 Å². The third kappa shape index (κ3) is 4.14. The molecule has 0 bridgehead atoms. The van der Waals surface area contributed by atoms with Gasteiger partial charge in [-0.15, -0.1) is 0 Å². The summed E-state index contributed by atoms with van der Waals surface area (Å²) in [5.74, 6) is 0. The van der Waals surface area contributed by atoms with Gasteiger partial charge in [0.15, 0.2) is 8.07 Å². The molecule has 288 valence electrons. The fourth-order valence-electron chi connectivity index (χ4n) is 12.2. The number of hydrogen-bond acceptors (Lipinski definition) is 2. The molecule has 2 spiro atoms. The minimum absolute atomic E-state index is 0.575. The molecule has 4 aliphatic rings. The first kappa shape index (κ1) is 34.0. The van der Waals surface area contributed by atoms with Crippen LogP contribution in [0.4, 0.5) is 34.1 Å². The number of rotatable bonds is 2. The van der Waals surface area contributed by atoms with Gasteiger partial charge in [0.2, 0.25) is 0 Å². The van der Waals surface area contributed by atoms with Crippen molar-refractivity contribution in [1.82, 2.24) is 0 Å². The zero-order valence-corrected chi connectivity index (χ0v) is 34.8. The highest BCUT2D eigenvalue weighted by Crippen LogP contribution is 2.64. The van der Waals surface area contributed by atoms with Crippen molar-refractivity contribution in [2.45, 2.75) is 5.41 Å². The lowest BCUT2D eigenvalue weighted by molar-refractivity contribution is 0.719. The van der Waals surface area contributed by atoms with Gasteiger partial charge in [0.1, 0.15) is 0 Å². The quantitative estimate of drug-likeness (QED) is 0.161. The van der Waals surface area contributed by atoms with Crippen LogP contribution in [-0.2, 0) is 5.41 Å². The van der Waals surface area contributed by atoms with Crippen LogP contribution in [0.15, 0.2) is 231 Å². The number of nitrogens with zero attached hydrogens (tertiary/aromatic N) is 2. The minimum Gasteiger partial charge on any atom is -0.310 e. The van der Waals surface area contributed by atoms with Gasteiger partial charge in [-0.2, -0.15) is 0 Å². The van der Waals surface area contributed by atoms with E-state index >= 15 is 0 Å². The Morgan fingerprint density at radius 3 is 1.23 bits per heavy atom. The molecule has 0 radical (unpaired) electrons. The maximum Gasteiger partial charge on any atom is 0.182 e. The third-order valence-corrected chi connectivity index (χ3v) is 19.3. The SMILES string of the molecule is c1ccc(N2c3ccccc3C3(c4ccccc42)c2ccccc2N(c2ccc4c(c2)[Si]2(c5ccccc5-c5ccccc52)c2cc5ccccc5cc2-4)c2ccccc23)cc1. The van der Waals surface area contributed by atoms with E-state index in [9.17, 15) is 0 Å². The number of anilines is 6. The van der Waals surface area contributed by atoms with Crippen molar-refractivity contribution >= 4 is 73.7 Å². The van der Waals surface area contributed by atoms with E-state index in [4.69, 9.17) is 0 Å². The first-order chi connectivity index (χ1) is 30.8. The number of hydrogen-bond donors (Lipinski definition) is 0. The van der Waals surface area contributed by atoms with E-state index in [1.165, 1.54) is 104 Å². The predicted molar refractivity (Wildman–Crippen MR) is 260 cm³/mol. The van der Waals surface area contributed by atoms with Gasteiger partial charge in [-0.25, -0.2) is 0 Å². The van der Waals surface area contributed by atoms with Crippen LogP contribution in [0.3, 0.4) is 0 Å². The van der Waals surface area contributed by atoms with Crippen LogP contribution in [0.1, 0.15) is 22.3 Å². The molecule has 0 unspecified atom stereocenters. The van der Waals surface area contributed by atoms with Crippen LogP contribution >= 0.6 is 0 Å². The van der Waals surface area contributed by atoms with Crippen LogP contribution in [0, 0.1) is 0 Å². The Hall–Kier alpha value is -7.72. The molecule has 4 heterocycles. The highest BCUT2D eigenvalue weighted by atomic mass is 28.3. The summed E-state index contributed by atoms with van der Waals surface area (Å²) < 4.78 is 0. The summed E-state index contributed by atoms with van der Waals surface area (Å²) in [6, 6.07) is 87.3. The monoisotopic (exact) mass is 802 g/mol. The lowest BCUT2D eigenvalue weighted by atomic mass is 9.60. The number of para-hydroxylation sites is 5. The minimum atomic E-state index is -2.75. The van der Waals surface area contributed by atoms with E-state index in [0.717, 1.165) is 5.69 Å². The van der Waals surface area contributed by atoms with Crippen LogP contribution in [0.25, 0.3) is 33.0 Å². The van der Waals surface area contributed by atoms with Crippen LogP contribution in [0.2, 0.25) is 0 Å². The molecule has 2 nitrogen and oxygen atoms in total. The van der Waals surface area contributed by atoms with Gasteiger partial charge >= 0.3 is 0 Å². The smallest absolute Gasteiger partial charge is 0.182 e. The summed E-state index contributed by atoms with van der Waals surface area (Å²) in [5, 5.41) is 8.54. The van der Waals surface area contributed by atoms with Gasteiger partial charge in [0.05, 0.1) is 28.2 Å². The molecule has 0 atom stereocenters. The van der Waals surface area contributed by atoms with Crippen LogP contribution in [-0.4, -0.2) is 8.07 Å². The molecule has 4 aliphatic heterocycles. The van der Waals surface area contributed by atoms with E-state index in [0.29, 0.717) is 0 Å². The molecule has 0 saturated heterocycles. The van der Waals surface area contributed by atoms with Crippen molar-refractivity contribution < 1.29 is 0 Å². The summed E-state index contributed by atoms with van der Waals surface area (Å²) in [6.07, 6.45) is 0. The molecule has 10 aromatic rings. The molecule has 0 aromatic heterocycles. The topological polar surface area (TPSA) is 6.48 Å². The first-order valence-electron chi connectivity index (χ1n) is 21.7. The molecule has 0 N–H and O–H groups in total. The third-order valence-electron chi connectivity index (χ3n) is 14.4. The Bertz CT molecular complexity index is 3370. The van der Waals surface area contributed by atoms with Gasteiger partial charge in [-0.1, -0.05) is 176 Å². The molecule has 0 saturated carbocycles. The van der Waals surface area contributed by atoms with E-state index in [2.05, 4.69) is 240 Å². The first-order valence-corrected chi connectivity index (χ1v) is 23.7. The lowest BCUT2D eigenvalue weighted by Crippen LogP contribution is -2.70. The van der Waals surface area contributed by atoms with Gasteiger partial charge < -0.3 is 9.80 Å². The number of benzene rings is 10. The van der Waals surface area contributed by atoms with Gasteiger partial charge in [-0.05, 0) is 131 Å². The molecule has 0 fully saturated rings. The normalized spacial score (nSPS) is 15.0. The van der Waals surface area contributed by atoms with Crippen LogP contribution in [0.5, 0.6) is 0 Å². The summed E-state index contributed by atoms with van der Waals surface area (Å²) in [6.45, 7) is 0. The summed E-state index contributed by atoms with van der Waals surface area (Å²) in [5.41, 5.74) is 17.2. The second kappa shape index (κ2) is 12.4. The molecule has 62 heavy (non-hydrogen) atoms. The van der Waals surface area contributed by atoms with E-state index in [-0.39, 0.29) is 0 Å². The zero-order valence-electron chi connectivity index (χ0n) is 33.8. The maximum absolute atomic E-state index is 2.75. The second-order valence-electron chi connectivity index (χ2n) is 17.1. The average Bonchev–Trinajstić information content (AvgIpc) is 3.80. The molecule has 0 aliphatic carbocycles. The highest BCUT2D eigenvalue weighted by molar-refractivity contribution is 7.24. The zero-order chi connectivity index (χ0) is 40.6. The Morgan fingerprint density at radius 2 is 0.677 bits per heavy atom. The van der Waals surface area contributed by atoms with E-state index in [1.807, 2.05) is 0 Å². The van der Waals surface area contributed by atoms with Crippen molar-refractivity contribution in [1.29, 1.82) is 0 Å². The summed E-state index contributed by atoms with van der Waals surface area (Å²) >= 11 is 0. The van der Waals surface area contributed by atoms with Gasteiger partial charge in [0, 0.05) is 11.4 Å². The molecule has 14 rings (SSSR count). The summed E-state index contributed by atoms with van der Waals surface area (Å²) in [4.78, 5) is 5.02. The second-order valence-corrected chi connectivity index (χ2v) is 20.8. The van der Waals surface area contributed by atoms with Crippen molar-refractivity contribution in [2.75, 3.05) is 9.80 Å². The molecular formula is C59H38N2Si. The Labute approximate surface area is 362 Å². The summed E-state index contributed by atoms with van der Waals surface area (Å²) in [7, 11) is -2.75. The molecule has 10 aromatic carbocycles. The molecule has 0 amide bonds. The van der Waals surface area contributed by atoms with E-state index < -0.39 is 13.5 Å². The highest BCUT2D eigenvalue weighted by Gasteiger charge is 2.55. The molecular weight excluding hydrogens is 765 g/mol. The largest absolute Gasteiger partial charge is 0.310 e. The van der Waals surface area contributed by atoms with Crippen molar-refractivity contribution in [3.63, 3.8) is 0 Å². The van der Waals surface area contributed by atoms with Gasteiger partial charge in [-0.3, -0.25) is 0 Å². The number of fused-ring (bicyclic) bond motifs is 19. The lowest BCUT2D eigenvalue weighted by Gasteiger charge is -2.51. The van der Waals surface area contributed by atoms with Crippen molar-refractivity contribution in [3.05, 3.63) is 253 Å². The Balaban J connectivity index is 1.05. The van der Waals surface area contributed by atoms with Gasteiger partial charge in [0.25, 0.3) is 0 Å². The van der Waals surface area contributed by atoms with Crippen molar-refractivity contribution in [2.24, 2.45) is 0 Å². The fraction of sp³-hybridized carbons (Fsp3) is 0.0169. The van der Waals surface area contributed by atoms with E-state index in [1.54, 1.807) is 0 Å². The Morgan fingerprint density at radius 1 is 0.274 bits per heavy atom. The standard InChI is InChI=1S/C59H38N2Si/c1-2-20-41(21-3-1)60-51-28-12-8-24-47(51)59(48-25-9-13-29-52(48)60)49-26-10-14-30-53(49)61(54-31-15-11-27-50(54)59)42-34-35-45-46-36-39-18-4-5-19-40(39)37-57(46)62(58(45)38-42)55-32-16-6-22-43(55)44-23-7-17-33-56(44)62/h1-38H.